The lowest BCUT2D eigenvalue weighted by atomic mass is 10.1. The Morgan fingerprint density at radius 3 is 1.41 bits per heavy atom. The summed E-state index contributed by atoms with van der Waals surface area (Å²) in [6, 6.07) is 31.2. The molecule has 0 aliphatic rings. The fourth-order valence-electron chi connectivity index (χ4n) is 7.20. The van der Waals surface area contributed by atoms with Crippen LogP contribution < -0.4 is 16.4 Å². The molecule has 4 aromatic heterocycles. The predicted octanol–water partition coefficient (Wildman–Crippen LogP) is 8.83. The Bertz CT molecular complexity index is 3240. The van der Waals surface area contributed by atoms with Crippen molar-refractivity contribution in [1.82, 2.24) is 50.3 Å². The molecule has 0 saturated heterocycles. The molecular weight excluding hydrogens is 993 g/mol. The van der Waals surface area contributed by atoms with Crippen molar-refractivity contribution in [2.75, 3.05) is 13.1 Å². The van der Waals surface area contributed by atoms with E-state index in [9.17, 15) is 24.0 Å². The van der Waals surface area contributed by atoms with Gasteiger partial charge >= 0.3 is 12.2 Å². The van der Waals surface area contributed by atoms with Crippen molar-refractivity contribution in [3.63, 3.8) is 0 Å². The van der Waals surface area contributed by atoms with Gasteiger partial charge in [0, 0.05) is 55.3 Å². The summed E-state index contributed by atoms with van der Waals surface area (Å²) in [6.07, 6.45) is 0.0266. The summed E-state index contributed by atoms with van der Waals surface area (Å²) in [5, 5.41) is 19.4. The van der Waals surface area contributed by atoms with Crippen molar-refractivity contribution in [2.24, 2.45) is 5.73 Å². The SMILES string of the molecule is CC(C)(C)OC(=O)N(CCc1nc(C(=O)NCc2ccc(C#N)cc2)cs1)Cc1nc2ccccc2[nH]1.CC(C)(C)OC(=O)N(CCc1nc(C(=O)NCc2ccc(C(N)=O)cc2)cs1)Cc1nc2ccccc2[nH]1. The first kappa shape index (κ1) is 54.3. The van der Waals surface area contributed by atoms with Gasteiger partial charge in [0.05, 0.1) is 56.8 Å². The van der Waals surface area contributed by atoms with E-state index >= 15 is 0 Å². The van der Waals surface area contributed by atoms with Crippen LogP contribution in [0, 0.1) is 11.3 Å². The molecule has 8 rings (SSSR count). The van der Waals surface area contributed by atoms with Crippen molar-refractivity contribution in [3.05, 3.63) is 163 Å². The lowest BCUT2D eigenvalue weighted by Crippen LogP contribution is -2.38. The van der Waals surface area contributed by atoms with Crippen molar-refractivity contribution in [3.8, 4) is 6.07 Å². The maximum atomic E-state index is 12.9. The van der Waals surface area contributed by atoms with Gasteiger partial charge in [-0.1, -0.05) is 48.5 Å². The smallest absolute Gasteiger partial charge is 0.410 e. The van der Waals surface area contributed by atoms with Crippen LogP contribution in [0.3, 0.4) is 0 Å². The molecule has 4 heterocycles. The largest absolute Gasteiger partial charge is 0.444 e. The number of aromatic amines is 2. The Labute approximate surface area is 441 Å². The number of H-pyrrole nitrogens is 2. The van der Waals surface area contributed by atoms with Crippen LogP contribution in [0.15, 0.2) is 108 Å². The second-order valence-corrected chi connectivity index (χ2v) is 21.1. The Morgan fingerprint density at radius 1 is 0.613 bits per heavy atom. The number of fused-ring (bicyclic) bond motifs is 2. The Morgan fingerprint density at radius 2 is 1.03 bits per heavy atom. The molecule has 0 aliphatic heterocycles. The molecule has 75 heavy (non-hydrogen) atoms. The van der Waals surface area contributed by atoms with E-state index in [0.717, 1.165) is 43.2 Å². The molecule has 0 bridgehead atoms. The Kier molecular flexibility index (Phi) is 17.7. The molecule has 0 fully saturated rings. The van der Waals surface area contributed by atoms with Gasteiger partial charge in [-0.2, -0.15) is 5.26 Å². The van der Waals surface area contributed by atoms with Crippen LogP contribution in [-0.2, 0) is 48.5 Å². The molecule has 4 aromatic carbocycles. The van der Waals surface area contributed by atoms with Gasteiger partial charge in [0.2, 0.25) is 5.91 Å². The molecule has 21 heteroatoms. The van der Waals surface area contributed by atoms with Gasteiger partial charge in [0.25, 0.3) is 11.8 Å². The Hall–Kier alpha value is -8.48. The van der Waals surface area contributed by atoms with Gasteiger partial charge in [0.1, 0.15) is 34.2 Å². The fraction of sp³-hybridized carbons (Fsp3) is 0.296. The highest BCUT2D eigenvalue weighted by atomic mass is 32.1. The minimum atomic E-state index is -0.643. The number of rotatable bonds is 17. The number of aromatic nitrogens is 6. The zero-order valence-corrected chi connectivity index (χ0v) is 44.1. The van der Waals surface area contributed by atoms with Crippen LogP contribution in [0.5, 0.6) is 0 Å². The highest BCUT2D eigenvalue weighted by Gasteiger charge is 2.26. The van der Waals surface area contributed by atoms with Crippen molar-refractivity contribution in [1.29, 1.82) is 5.26 Å². The second kappa shape index (κ2) is 24.5. The molecule has 0 aliphatic carbocycles. The molecule has 0 spiro atoms. The summed E-state index contributed by atoms with van der Waals surface area (Å²) in [5.74, 6) is 0.225. The third-order valence-electron chi connectivity index (χ3n) is 10.8. The highest BCUT2D eigenvalue weighted by molar-refractivity contribution is 7.10. The number of amides is 5. The summed E-state index contributed by atoms with van der Waals surface area (Å²) in [4.78, 5) is 90.0. The minimum Gasteiger partial charge on any atom is -0.444 e. The first-order chi connectivity index (χ1) is 35.8. The van der Waals surface area contributed by atoms with Gasteiger partial charge in [-0.15, -0.1) is 22.7 Å². The van der Waals surface area contributed by atoms with E-state index in [-0.39, 0.29) is 31.4 Å². The van der Waals surface area contributed by atoms with E-state index in [0.29, 0.717) is 66.6 Å². The quantitative estimate of drug-likeness (QED) is 0.0573. The van der Waals surface area contributed by atoms with Crippen molar-refractivity contribution in [2.45, 2.75) is 91.8 Å². The van der Waals surface area contributed by atoms with Gasteiger partial charge < -0.3 is 45.6 Å². The number of benzene rings is 4. The average molecular weight is 1050 g/mol. The third-order valence-corrected chi connectivity index (χ3v) is 12.7. The molecule has 8 aromatic rings. The van der Waals surface area contributed by atoms with Gasteiger partial charge in [-0.3, -0.25) is 14.4 Å². The number of carbonyl (C=O) groups is 5. The molecule has 19 nitrogen and oxygen atoms in total. The lowest BCUT2D eigenvalue weighted by Gasteiger charge is -2.26. The maximum absolute atomic E-state index is 12.9. The highest BCUT2D eigenvalue weighted by Crippen LogP contribution is 2.20. The molecule has 6 N–H and O–H groups in total. The number of thiazole rings is 2. The summed E-state index contributed by atoms with van der Waals surface area (Å²) in [6.45, 7) is 12.8. The van der Waals surface area contributed by atoms with E-state index in [1.54, 1.807) is 69.1 Å². The van der Waals surface area contributed by atoms with Crippen LogP contribution in [-0.4, -0.2) is 93.9 Å². The first-order valence-corrected chi connectivity index (χ1v) is 25.7. The van der Waals surface area contributed by atoms with E-state index in [1.807, 2.05) is 90.1 Å². The van der Waals surface area contributed by atoms with Crippen LogP contribution in [0.25, 0.3) is 22.1 Å². The summed E-state index contributed by atoms with van der Waals surface area (Å²) >= 11 is 2.73. The van der Waals surface area contributed by atoms with Gasteiger partial charge in [-0.25, -0.2) is 29.5 Å². The van der Waals surface area contributed by atoms with E-state index in [2.05, 4.69) is 46.6 Å². The van der Waals surface area contributed by atoms with E-state index in [1.165, 1.54) is 22.7 Å². The summed E-state index contributed by atoms with van der Waals surface area (Å²) < 4.78 is 11.2. The molecular formula is C54H58N12O7S2. The number of hydrogen-bond acceptors (Lipinski definition) is 14. The fourth-order valence-corrected chi connectivity index (χ4v) is 8.73. The lowest BCUT2D eigenvalue weighted by molar-refractivity contribution is 0.0221. The zero-order valence-electron chi connectivity index (χ0n) is 42.4. The number of imidazole rings is 2. The summed E-state index contributed by atoms with van der Waals surface area (Å²) in [5.41, 5.74) is 10.8. The van der Waals surface area contributed by atoms with Crippen molar-refractivity contribution < 1.29 is 33.4 Å². The molecule has 0 atom stereocenters. The normalized spacial score (nSPS) is 11.3. The number of nitrogens with two attached hydrogens (primary N) is 1. The number of nitrogens with one attached hydrogen (secondary N) is 4. The van der Waals surface area contributed by atoms with Crippen LogP contribution in [0.4, 0.5) is 9.59 Å². The number of ether oxygens (including phenoxy) is 2. The van der Waals surface area contributed by atoms with Crippen LogP contribution in [0.1, 0.15) is 111 Å². The minimum absolute atomic E-state index is 0.247. The second-order valence-electron chi connectivity index (χ2n) is 19.2. The number of nitriles is 1. The van der Waals surface area contributed by atoms with Gasteiger partial charge in [0.15, 0.2) is 0 Å². The number of carbonyl (C=O) groups excluding carboxylic acids is 5. The number of nitrogens with zero attached hydrogens (tertiary/aromatic N) is 7. The number of primary amides is 1. The van der Waals surface area contributed by atoms with E-state index in [4.69, 9.17) is 20.5 Å². The number of para-hydroxylation sites is 4. The zero-order chi connectivity index (χ0) is 53.7. The number of hydrogen-bond donors (Lipinski definition) is 5. The standard InChI is InChI=1S/C27H30N6O4S.C27H28N6O3S/c1-27(2,3)37-26(36)33(15-22-30-19-6-4-5-7-20(19)31-22)13-12-23-32-21(16-38-23)25(35)29-14-17-8-10-18(11-9-17)24(28)34;1-27(2,3)36-26(35)33(16-23-30-20-6-4-5-7-21(20)31-23)13-12-24-32-22(17-37-24)25(34)29-15-19-10-8-18(14-28)9-11-19/h4-11,16H,12-15H2,1-3H3,(H2,28,34)(H,29,35)(H,30,31);4-11,17H,12-13,15-16H2,1-3H3,(H,29,34)(H,30,31). The summed E-state index contributed by atoms with van der Waals surface area (Å²) in [7, 11) is 0. The topological polar surface area (TPSA) is 267 Å². The van der Waals surface area contributed by atoms with Crippen LogP contribution in [0.2, 0.25) is 0 Å². The first-order valence-electron chi connectivity index (χ1n) is 23.9. The molecule has 0 radical (unpaired) electrons. The predicted molar refractivity (Wildman–Crippen MR) is 286 cm³/mol. The Balaban J connectivity index is 0.000000219. The molecule has 388 valence electrons. The van der Waals surface area contributed by atoms with Gasteiger partial charge in [-0.05, 0) is 101 Å². The van der Waals surface area contributed by atoms with Crippen molar-refractivity contribution >= 4 is 74.6 Å². The molecule has 0 unspecified atom stereocenters. The monoisotopic (exact) mass is 1050 g/mol. The average Bonchev–Trinajstić information content (AvgIpc) is 4.21. The molecule has 0 saturated carbocycles. The van der Waals surface area contributed by atoms with Crippen LogP contribution >= 0.6 is 22.7 Å². The molecule has 5 amide bonds. The third kappa shape index (κ3) is 16.3. The van der Waals surface area contributed by atoms with E-state index < -0.39 is 29.3 Å². The maximum Gasteiger partial charge on any atom is 0.410 e.